The van der Waals surface area contributed by atoms with Crippen LogP contribution >= 0.6 is 23.3 Å². The molecule has 2 aliphatic heterocycles. The molecule has 0 aliphatic carbocycles. The number of hydrogen-bond donors (Lipinski definition) is 3. The number of allylic oxidation sites excluding steroid dienone is 2. The number of anilines is 1. The Hall–Kier alpha value is -3.82. The third-order valence-electron chi connectivity index (χ3n) is 5.31. The highest BCUT2D eigenvalue weighted by atomic mass is 32.2. The molecule has 36 heavy (non-hydrogen) atoms. The van der Waals surface area contributed by atoms with E-state index in [1.807, 2.05) is 4.57 Å². The zero-order valence-corrected chi connectivity index (χ0v) is 20.5. The van der Waals surface area contributed by atoms with Crippen molar-refractivity contribution in [1.29, 1.82) is 0 Å². The first-order valence-corrected chi connectivity index (χ1v) is 12.3. The Labute approximate surface area is 213 Å². The van der Waals surface area contributed by atoms with E-state index in [0.717, 1.165) is 22.0 Å². The van der Waals surface area contributed by atoms with Gasteiger partial charge < -0.3 is 30.9 Å². The Morgan fingerprint density at radius 1 is 1.44 bits per heavy atom. The predicted molar refractivity (Wildman–Crippen MR) is 127 cm³/mol. The SMILES string of the molecule is CO/N=C(\C(=O)NC1C(=O)N2C(C(=O)[O-])=C(/C=C/C[n+]3ccc(CO)cc3)CS[C@H]12)c1nsc(N)n1. The van der Waals surface area contributed by atoms with Crippen LogP contribution in [0.1, 0.15) is 11.4 Å². The lowest BCUT2D eigenvalue weighted by Crippen LogP contribution is -2.71. The number of pyridine rings is 1. The molecule has 4 N–H and O–H groups in total. The van der Waals surface area contributed by atoms with E-state index in [9.17, 15) is 19.5 Å². The van der Waals surface area contributed by atoms with E-state index in [2.05, 4.69) is 19.8 Å². The normalized spacial score (nSPS) is 19.8. The summed E-state index contributed by atoms with van der Waals surface area (Å²) >= 11 is 2.18. The van der Waals surface area contributed by atoms with Gasteiger partial charge in [0.05, 0.1) is 18.3 Å². The fourth-order valence-corrected chi connectivity index (χ4v) is 5.36. The smallest absolute Gasteiger partial charge is 0.278 e. The highest BCUT2D eigenvalue weighted by molar-refractivity contribution is 8.00. The predicted octanol–water partition coefficient (Wildman–Crippen LogP) is -2.09. The molecule has 0 aromatic carbocycles. The van der Waals surface area contributed by atoms with Crippen molar-refractivity contribution in [3.63, 3.8) is 0 Å². The largest absolute Gasteiger partial charge is 0.543 e. The van der Waals surface area contributed by atoms with Gasteiger partial charge in [0.15, 0.2) is 24.1 Å². The van der Waals surface area contributed by atoms with E-state index in [4.69, 9.17) is 15.7 Å². The number of rotatable bonds is 9. The maximum atomic E-state index is 12.9. The number of amides is 2. The van der Waals surface area contributed by atoms with E-state index in [0.29, 0.717) is 12.1 Å². The number of nitrogens with one attached hydrogen (secondary N) is 1. The number of β-lactam (4-membered cyclic amide) rings is 1. The molecule has 2 aromatic heterocycles. The summed E-state index contributed by atoms with van der Waals surface area (Å²) in [4.78, 5) is 47.3. The number of aromatic nitrogens is 3. The van der Waals surface area contributed by atoms with E-state index < -0.39 is 29.2 Å². The average molecular weight is 532 g/mol. The third kappa shape index (κ3) is 5.07. The van der Waals surface area contributed by atoms with Crippen LogP contribution in [0.3, 0.4) is 0 Å². The first-order chi connectivity index (χ1) is 17.3. The van der Waals surface area contributed by atoms with Gasteiger partial charge in [-0.25, -0.2) is 4.57 Å². The van der Waals surface area contributed by atoms with Gasteiger partial charge in [-0.2, -0.15) is 9.36 Å². The maximum absolute atomic E-state index is 12.9. The second kappa shape index (κ2) is 10.8. The first-order valence-electron chi connectivity index (χ1n) is 10.5. The second-order valence-electron chi connectivity index (χ2n) is 7.56. The molecular formula is C21H21N7O6S2. The highest BCUT2D eigenvalue weighted by Crippen LogP contribution is 2.40. The molecule has 1 saturated heterocycles. The van der Waals surface area contributed by atoms with Crippen molar-refractivity contribution in [2.75, 3.05) is 18.6 Å². The average Bonchev–Trinajstić information content (AvgIpc) is 3.31. The van der Waals surface area contributed by atoms with Gasteiger partial charge in [-0.1, -0.05) is 11.2 Å². The number of nitrogens with zero attached hydrogens (tertiary/aromatic N) is 5. The number of carboxylic acid groups (broad SMARTS) is 1. The summed E-state index contributed by atoms with van der Waals surface area (Å²) in [7, 11) is 1.24. The number of hydrogen-bond acceptors (Lipinski definition) is 12. The maximum Gasteiger partial charge on any atom is 0.278 e. The summed E-state index contributed by atoms with van der Waals surface area (Å²) in [6.07, 6.45) is 6.99. The van der Waals surface area contributed by atoms with Crippen molar-refractivity contribution in [3.8, 4) is 0 Å². The lowest BCUT2D eigenvalue weighted by atomic mass is 10.0. The molecule has 1 unspecified atom stereocenters. The summed E-state index contributed by atoms with van der Waals surface area (Å²) in [5, 5.41) is 26.7. The molecule has 15 heteroatoms. The number of aliphatic hydroxyl groups is 1. The van der Waals surface area contributed by atoms with Gasteiger partial charge in [-0.3, -0.25) is 14.5 Å². The van der Waals surface area contributed by atoms with E-state index >= 15 is 0 Å². The molecule has 0 spiro atoms. The number of nitrogens with two attached hydrogens (primary N) is 1. The van der Waals surface area contributed by atoms with Crippen LogP contribution in [0, 0.1) is 0 Å². The Balaban J connectivity index is 1.47. The van der Waals surface area contributed by atoms with Crippen LogP contribution in [-0.4, -0.2) is 67.1 Å². The Morgan fingerprint density at radius 3 is 2.81 bits per heavy atom. The molecular weight excluding hydrogens is 510 g/mol. The fourth-order valence-electron chi connectivity index (χ4n) is 3.61. The minimum Gasteiger partial charge on any atom is -0.543 e. The Morgan fingerprint density at radius 2 is 2.19 bits per heavy atom. The number of fused-ring (bicyclic) bond motifs is 1. The number of aliphatic hydroxyl groups excluding tert-OH is 1. The minimum atomic E-state index is -1.48. The van der Waals surface area contributed by atoms with Crippen LogP contribution in [0.15, 0.2) is 53.1 Å². The molecule has 2 amide bonds. The van der Waals surface area contributed by atoms with Gasteiger partial charge in [-0.05, 0) is 17.2 Å². The molecule has 1 fully saturated rings. The van der Waals surface area contributed by atoms with Crippen LogP contribution in [0.4, 0.5) is 5.13 Å². The quantitative estimate of drug-likeness (QED) is 0.140. The number of carbonyl (C=O) groups excluding carboxylic acids is 3. The third-order valence-corrected chi connectivity index (χ3v) is 7.15. The summed E-state index contributed by atoms with van der Waals surface area (Å²) < 4.78 is 5.78. The summed E-state index contributed by atoms with van der Waals surface area (Å²) in [6, 6.07) is 2.56. The molecule has 2 aromatic rings. The highest BCUT2D eigenvalue weighted by Gasteiger charge is 2.53. The standard InChI is InChI=1S/C21H21N7O6S2/c1-34-25-13(16-24-21(22)36-26-16)17(30)23-14-18(31)28-15(20(32)33)12(10-35-19(14)28)3-2-6-27-7-4-11(9-29)5-8-27/h2-5,7-8,14,19,29H,6,9-10H2,1H3,(H3-,22,23,24,26,30,32,33)/b3-2+,25-13-/t14?,19-/m1/s1. The van der Waals surface area contributed by atoms with E-state index in [1.54, 1.807) is 36.7 Å². The van der Waals surface area contributed by atoms with Crippen LogP contribution in [0.25, 0.3) is 0 Å². The molecule has 188 valence electrons. The molecule has 0 bridgehead atoms. The van der Waals surface area contributed by atoms with E-state index in [-0.39, 0.29) is 34.7 Å². The van der Waals surface area contributed by atoms with Crippen LogP contribution in [0.5, 0.6) is 0 Å². The Bertz CT molecular complexity index is 1270. The van der Waals surface area contributed by atoms with Crippen molar-refractivity contribution in [2.24, 2.45) is 5.16 Å². The summed E-state index contributed by atoms with van der Waals surface area (Å²) in [5.41, 5.74) is 6.27. The van der Waals surface area contributed by atoms with Crippen molar-refractivity contribution < 1.29 is 34.0 Å². The van der Waals surface area contributed by atoms with Gasteiger partial charge >= 0.3 is 0 Å². The fraction of sp³-hybridized carbons (Fsp3) is 0.286. The van der Waals surface area contributed by atoms with Crippen LogP contribution in [-0.2, 0) is 32.4 Å². The van der Waals surface area contributed by atoms with Gasteiger partial charge in [0, 0.05) is 29.4 Å². The molecule has 0 saturated carbocycles. The van der Waals surface area contributed by atoms with Crippen molar-refractivity contribution in [3.05, 3.63) is 59.3 Å². The monoisotopic (exact) mass is 531 g/mol. The number of carbonyl (C=O) groups is 3. The summed E-state index contributed by atoms with van der Waals surface area (Å²) in [6.45, 7) is 0.395. The lowest BCUT2D eigenvalue weighted by Gasteiger charge is -2.50. The minimum absolute atomic E-state index is 0.0524. The zero-order valence-electron chi connectivity index (χ0n) is 18.9. The number of aliphatic carboxylic acids is 1. The molecule has 2 aliphatic rings. The molecule has 2 atom stereocenters. The Kier molecular flexibility index (Phi) is 7.61. The van der Waals surface area contributed by atoms with Crippen molar-refractivity contribution >= 4 is 51.9 Å². The van der Waals surface area contributed by atoms with E-state index in [1.165, 1.54) is 18.9 Å². The number of carboxylic acids is 1. The van der Waals surface area contributed by atoms with Crippen LogP contribution in [0.2, 0.25) is 0 Å². The van der Waals surface area contributed by atoms with Gasteiger partial charge in [0.1, 0.15) is 18.5 Å². The number of oxime groups is 1. The molecule has 4 heterocycles. The molecule has 13 nitrogen and oxygen atoms in total. The second-order valence-corrected chi connectivity index (χ2v) is 9.45. The number of thioether (sulfide) groups is 1. The zero-order chi connectivity index (χ0) is 25.8. The topological polar surface area (TPSA) is 187 Å². The number of nitrogen functional groups attached to an aromatic ring is 1. The first kappa shape index (κ1) is 25.3. The van der Waals surface area contributed by atoms with Gasteiger partial charge in [0.25, 0.3) is 11.8 Å². The van der Waals surface area contributed by atoms with Crippen LogP contribution < -0.4 is 20.7 Å². The van der Waals surface area contributed by atoms with Crippen molar-refractivity contribution in [2.45, 2.75) is 24.6 Å². The van der Waals surface area contributed by atoms with Gasteiger partial charge in [-0.15, -0.1) is 11.8 Å². The molecule has 0 radical (unpaired) electrons. The lowest BCUT2D eigenvalue weighted by molar-refractivity contribution is -0.687. The van der Waals surface area contributed by atoms with Crippen molar-refractivity contribution in [1.82, 2.24) is 19.6 Å². The molecule has 4 rings (SSSR count). The van der Waals surface area contributed by atoms with Gasteiger partial charge in [0.2, 0.25) is 11.5 Å². The summed E-state index contributed by atoms with van der Waals surface area (Å²) in [5.74, 6) is -2.60.